The largest absolute Gasteiger partial charge is 0.487 e. The zero-order chi connectivity index (χ0) is 15.0. The zero-order valence-corrected chi connectivity index (χ0v) is 13.8. The summed E-state index contributed by atoms with van der Waals surface area (Å²) >= 11 is 0. The molecule has 3 heteroatoms. The van der Waals surface area contributed by atoms with E-state index in [1.54, 1.807) is 0 Å². The lowest BCUT2D eigenvalue weighted by atomic mass is 9.94. The van der Waals surface area contributed by atoms with Gasteiger partial charge in [0.2, 0.25) is 0 Å². The minimum atomic E-state index is -0.0448. The summed E-state index contributed by atoms with van der Waals surface area (Å²) in [5, 5.41) is 3.75. The number of hydrogen-bond donors (Lipinski definition) is 1. The zero-order valence-electron chi connectivity index (χ0n) is 13.8. The van der Waals surface area contributed by atoms with E-state index in [4.69, 9.17) is 4.74 Å². The summed E-state index contributed by atoms with van der Waals surface area (Å²) in [7, 11) is 2.22. The molecule has 1 aromatic rings. The fourth-order valence-electron chi connectivity index (χ4n) is 3.68. The van der Waals surface area contributed by atoms with E-state index in [0.29, 0.717) is 6.04 Å². The molecule has 0 spiro atoms. The molecule has 1 N–H and O–H groups in total. The number of piperidine rings is 1. The first-order chi connectivity index (χ1) is 9.93. The molecule has 116 valence electrons. The van der Waals surface area contributed by atoms with E-state index in [9.17, 15) is 0 Å². The molecule has 0 saturated carbocycles. The summed E-state index contributed by atoms with van der Waals surface area (Å²) in [6.45, 7) is 10.0. The van der Waals surface area contributed by atoms with E-state index < -0.39 is 0 Å². The fraction of sp³-hybridized carbons (Fsp3) is 0.667. The second-order valence-electron chi connectivity index (χ2n) is 7.50. The molecule has 1 fully saturated rings. The topological polar surface area (TPSA) is 24.5 Å². The van der Waals surface area contributed by atoms with Gasteiger partial charge in [-0.1, -0.05) is 19.1 Å². The Morgan fingerprint density at radius 1 is 1.38 bits per heavy atom. The lowest BCUT2D eigenvalue weighted by Crippen LogP contribution is -2.46. The van der Waals surface area contributed by atoms with Crippen molar-refractivity contribution in [3.05, 3.63) is 29.3 Å². The molecule has 3 rings (SSSR count). The van der Waals surface area contributed by atoms with Crippen molar-refractivity contribution in [1.82, 2.24) is 10.2 Å². The number of nitrogens with one attached hydrogen (secondary N) is 1. The molecule has 2 atom stereocenters. The van der Waals surface area contributed by atoms with E-state index in [1.165, 1.54) is 30.6 Å². The van der Waals surface area contributed by atoms with Crippen LogP contribution in [0.25, 0.3) is 0 Å². The number of rotatable bonds is 3. The molecule has 2 aliphatic heterocycles. The summed E-state index contributed by atoms with van der Waals surface area (Å²) in [5.74, 6) is 1.79. The van der Waals surface area contributed by atoms with Gasteiger partial charge in [0.15, 0.2) is 0 Å². The van der Waals surface area contributed by atoms with Crippen LogP contribution < -0.4 is 10.1 Å². The maximum absolute atomic E-state index is 5.95. The lowest BCUT2D eigenvalue weighted by Gasteiger charge is -2.35. The SMILES string of the molecule is CC1CN(C)CCC1NCc1ccc2c(c1)CC(C)(C)O2. The predicted molar refractivity (Wildman–Crippen MR) is 86.8 cm³/mol. The van der Waals surface area contributed by atoms with E-state index in [-0.39, 0.29) is 5.60 Å². The summed E-state index contributed by atoms with van der Waals surface area (Å²) in [6.07, 6.45) is 2.26. The highest BCUT2D eigenvalue weighted by Gasteiger charge is 2.30. The monoisotopic (exact) mass is 288 g/mol. The third-order valence-corrected chi connectivity index (χ3v) is 4.80. The van der Waals surface area contributed by atoms with E-state index >= 15 is 0 Å². The fourth-order valence-corrected chi connectivity index (χ4v) is 3.68. The van der Waals surface area contributed by atoms with Gasteiger partial charge in [-0.15, -0.1) is 0 Å². The highest BCUT2D eigenvalue weighted by Crippen LogP contribution is 2.35. The molecule has 0 bridgehead atoms. The summed E-state index contributed by atoms with van der Waals surface area (Å²) < 4.78 is 5.95. The van der Waals surface area contributed by atoms with Gasteiger partial charge in [-0.2, -0.15) is 0 Å². The van der Waals surface area contributed by atoms with Crippen LogP contribution >= 0.6 is 0 Å². The van der Waals surface area contributed by atoms with Crippen molar-refractivity contribution in [3.8, 4) is 5.75 Å². The van der Waals surface area contributed by atoms with Crippen LogP contribution in [-0.4, -0.2) is 36.7 Å². The second kappa shape index (κ2) is 5.62. The Morgan fingerprint density at radius 3 is 2.95 bits per heavy atom. The normalized spacial score (nSPS) is 28.2. The van der Waals surface area contributed by atoms with Gasteiger partial charge >= 0.3 is 0 Å². The van der Waals surface area contributed by atoms with Gasteiger partial charge in [-0.3, -0.25) is 0 Å². The Morgan fingerprint density at radius 2 is 2.19 bits per heavy atom. The molecule has 1 aromatic carbocycles. The standard InChI is InChI=1S/C18H28N2O/c1-13-12-20(4)8-7-16(13)19-11-14-5-6-17-15(9-14)10-18(2,3)21-17/h5-6,9,13,16,19H,7-8,10-12H2,1-4H3. The molecule has 1 saturated heterocycles. The van der Waals surface area contributed by atoms with E-state index in [0.717, 1.165) is 24.6 Å². The molecule has 3 nitrogen and oxygen atoms in total. The first kappa shape index (κ1) is 14.9. The van der Waals surface area contributed by atoms with Crippen molar-refractivity contribution >= 4 is 0 Å². The van der Waals surface area contributed by atoms with Crippen LogP contribution in [0.15, 0.2) is 18.2 Å². The number of likely N-dealkylation sites (tertiary alicyclic amines) is 1. The molecule has 2 aliphatic rings. The highest BCUT2D eigenvalue weighted by molar-refractivity contribution is 5.41. The van der Waals surface area contributed by atoms with Crippen LogP contribution in [-0.2, 0) is 13.0 Å². The van der Waals surface area contributed by atoms with Crippen LogP contribution in [0.2, 0.25) is 0 Å². The predicted octanol–water partition coefficient (Wildman–Crippen LogP) is 2.83. The van der Waals surface area contributed by atoms with Crippen molar-refractivity contribution in [3.63, 3.8) is 0 Å². The molecule has 2 heterocycles. The van der Waals surface area contributed by atoms with Gasteiger partial charge in [0, 0.05) is 25.6 Å². The van der Waals surface area contributed by atoms with E-state index in [1.807, 2.05) is 0 Å². The molecule has 0 aromatic heterocycles. The maximum Gasteiger partial charge on any atom is 0.123 e. The van der Waals surface area contributed by atoms with Crippen LogP contribution in [0.3, 0.4) is 0 Å². The summed E-state index contributed by atoms with van der Waals surface area (Å²) in [6, 6.07) is 7.30. The van der Waals surface area contributed by atoms with Gasteiger partial charge in [0.05, 0.1) is 0 Å². The minimum Gasteiger partial charge on any atom is -0.487 e. The number of ether oxygens (including phenoxy) is 1. The average Bonchev–Trinajstić information content (AvgIpc) is 2.70. The molecular weight excluding hydrogens is 260 g/mol. The Labute approximate surface area is 128 Å². The molecule has 0 radical (unpaired) electrons. The van der Waals surface area contributed by atoms with E-state index in [2.05, 4.69) is 56.2 Å². The Kier molecular flexibility index (Phi) is 3.98. The van der Waals surface area contributed by atoms with Crippen LogP contribution in [0.5, 0.6) is 5.75 Å². The average molecular weight is 288 g/mol. The van der Waals surface area contributed by atoms with Crippen molar-refractivity contribution in [2.24, 2.45) is 5.92 Å². The number of nitrogens with zero attached hydrogens (tertiary/aromatic N) is 1. The molecule has 2 unspecified atom stereocenters. The summed E-state index contributed by atoms with van der Waals surface area (Å²) in [5.41, 5.74) is 2.69. The Balaban J connectivity index is 1.60. The van der Waals surface area contributed by atoms with Gasteiger partial charge < -0.3 is 15.0 Å². The number of hydrogen-bond acceptors (Lipinski definition) is 3. The second-order valence-corrected chi connectivity index (χ2v) is 7.50. The number of benzene rings is 1. The molecule has 21 heavy (non-hydrogen) atoms. The summed E-state index contributed by atoms with van der Waals surface area (Å²) in [4.78, 5) is 2.43. The maximum atomic E-state index is 5.95. The van der Waals surface area contributed by atoms with Crippen molar-refractivity contribution < 1.29 is 4.74 Å². The number of fused-ring (bicyclic) bond motifs is 1. The quantitative estimate of drug-likeness (QED) is 0.925. The minimum absolute atomic E-state index is 0.0448. The first-order valence-electron chi connectivity index (χ1n) is 8.16. The Bertz CT molecular complexity index is 512. The van der Waals surface area contributed by atoms with Crippen LogP contribution in [0, 0.1) is 5.92 Å². The molecule has 0 aliphatic carbocycles. The lowest BCUT2D eigenvalue weighted by molar-refractivity contribution is 0.138. The first-order valence-corrected chi connectivity index (χ1v) is 8.16. The van der Waals surface area contributed by atoms with Gasteiger partial charge in [0.25, 0.3) is 0 Å². The third kappa shape index (κ3) is 3.41. The van der Waals surface area contributed by atoms with Crippen molar-refractivity contribution in [2.75, 3.05) is 20.1 Å². The van der Waals surface area contributed by atoms with Gasteiger partial charge in [-0.25, -0.2) is 0 Å². The third-order valence-electron chi connectivity index (χ3n) is 4.80. The van der Waals surface area contributed by atoms with Crippen LogP contribution in [0.1, 0.15) is 38.3 Å². The van der Waals surface area contributed by atoms with Crippen molar-refractivity contribution in [1.29, 1.82) is 0 Å². The molecular formula is C18H28N2O. The highest BCUT2D eigenvalue weighted by atomic mass is 16.5. The smallest absolute Gasteiger partial charge is 0.123 e. The van der Waals surface area contributed by atoms with Crippen molar-refractivity contribution in [2.45, 2.75) is 51.8 Å². The molecule has 0 amide bonds. The Hall–Kier alpha value is -1.06. The van der Waals surface area contributed by atoms with Crippen LogP contribution in [0.4, 0.5) is 0 Å². The van der Waals surface area contributed by atoms with Gasteiger partial charge in [0.1, 0.15) is 11.4 Å². The van der Waals surface area contributed by atoms with Gasteiger partial charge in [-0.05, 0) is 57.0 Å².